The number of carbonyl (C=O) groups is 1. The fourth-order valence-corrected chi connectivity index (χ4v) is 4.83. The summed E-state index contributed by atoms with van der Waals surface area (Å²) in [6.07, 6.45) is 9.39. The van der Waals surface area contributed by atoms with E-state index in [0.717, 1.165) is 63.4 Å². The zero-order valence-corrected chi connectivity index (χ0v) is 17.7. The normalized spacial score (nSPS) is 26.5. The second-order valence-electron chi connectivity index (χ2n) is 8.72. The van der Waals surface area contributed by atoms with Crippen LogP contribution in [0, 0.1) is 40.3 Å². The quantitative estimate of drug-likeness (QED) is 0.399. The van der Waals surface area contributed by atoms with E-state index in [4.69, 9.17) is 15.3 Å². The minimum absolute atomic E-state index is 0.0412. The number of ether oxygens (including phenoxy) is 1. The van der Waals surface area contributed by atoms with Gasteiger partial charge in [-0.25, -0.2) is 4.39 Å². The van der Waals surface area contributed by atoms with Crippen molar-refractivity contribution in [3.63, 3.8) is 0 Å². The zero-order valence-electron chi connectivity index (χ0n) is 17.7. The van der Waals surface area contributed by atoms with Crippen LogP contribution in [0.3, 0.4) is 0 Å². The summed E-state index contributed by atoms with van der Waals surface area (Å²) in [5.41, 5.74) is 0.952. The number of carbonyl (C=O) groups excluding carboxylic acids is 1. The van der Waals surface area contributed by atoms with E-state index < -0.39 is 11.6 Å². The van der Waals surface area contributed by atoms with Gasteiger partial charge in [0, 0.05) is 0 Å². The molecule has 0 aliphatic heterocycles. The average molecular weight is 427 g/mol. The summed E-state index contributed by atoms with van der Waals surface area (Å²) in [5, 5.41) is 17.3. The van der Waals surface area contributed by atoms with Gasteiger partial charge in [-0.3, -0.25) is 4.79 Å². The maximum absolute atomic E-state index is 13.9. The van der Waals surface area contributed by atoms with Gasteiger partial charge in [-0.15, -0.1) is 0 Å². The molecular formula is C25H28F2N2O2. The first-order valence-corrected chi connectivity index (χ1v) is 11.2. The van der Waals surface area contributed by atoms with Gasteiger partial charge in [0.05, 0.1) is 11.5 Å². The van der Waals surface area contributed by atoms with Gasteiger partial charge >= 0.3 is 5.97 Å². The minimum Gasteiger partial charge on any atom is -0.462 e. The third kappa shape index (κ3) is 6.37. The van der Waals surface area contributed by atoms with E-state index in [-0.39, 0.29) is 29.5 Å². The number of nitriles is 2. The van der Waals surface area contributed by atoms with Gasteiger partial charge in [-0.1, -0.05) is 6.07 Å². The molecule has 4 nitrogen and oxygen atoms in total. The van der Waals surface area contributed by atoms with Gasteiger partial charge < -0.3 is 4.74 Å². The number of hydrogen-bond acceptors (Lipinski definition) is 4. The van der Waals surface area contributed by atoms with Crippen LogP contribution in [0.2, 0.25) is 0 Å². The molecule has 0 spiro atoms. The Kier molecular flexibility index (Phi) is 8.18. The van der Waals surface area contributed by atoms with Crippen LogP contribution in [0.5, 0.6) is 0 Å². The number of allylic oxidation sites excluding steroid dienone is 2. The van der Waals surface area contributed by atoms with Crippen LogP contribution < -0.4 is 0 Å². The summed E-state index contributed by atoms with van der Waals surface area (Å²) >= 11 is 0. The number of benzene rings is 1. The lowest BCUT2D eigenvalue weighted by Crippen LogP contribution is -2.29. The van der Waals surface area contributed by atoms with Crippen molar-refractivity contribution in [2.24, 2.45) is 11.8 Å². The van der Waals surface area contributed by atoms with E-state index in [1.54, 1.807) is 0 Å². The van der Waals surface area contributed by atoms with E-state index in [0.29, 0.717) is 12.3 Å². The van der Waals surface area contributed by atoms with Crippen molar-refractivity contribution in [3.05, 3.63) is 47.0 Å². The van der Waals surface area contributed by atoms with Gasteiger partial charge in [0.15, 0.2) is 5.83 Å². The highest BCUT2D eigenvalue weighted by Gasteiger charge is 2.31. The van der Waals surface area contributed by atoms with Crippen LogP contribution in [-0.4, -0.2) is 12.1 Å². The third-order valence-corrected chi connectivity index (χ3v) is 6.73. The molecule has 31 heavy (non-hydrogen) atoms. The molecule has 2 fully saturated rings. The van der Waals surface area contributed by atoms with Crippen molar-refractivity contribution >= 4 is 5.97 Å². The molecule has 1 aromatic rings. The van der Waals surface area contributed by atoms with Crippen LogP contribution in [0.15, 0.2) is 30.1 Å². The Morgan fingerprint density at radius 2 is 1.81 bits per heavy atom. The highest BCUT2D eigenvalue weighted by Crippen LogP contribution is 2.37. The number of hydrogen-bond donors (Lipinski definition) is 0. The van der Waals surface area contributed by atoms with Gasteiger partial charge in [-0.05, 0) is 99.8 Å². The van der Waals surface area contributed by atoms with Crippen LogP contribution in [0.4, 0.5) is 8.78 Å². The number of rotatable bonds is 6. The van der Waals surface area contributed by atoms with Crippen LogP contribution in [0.25, 0.3) is 0 Å². The van der Waals surface area contributed by atoms with Crippen molar-refractivity contribution in [2.75, 3.05) is 0 Å². The summed E-state index contributed by atoms with van der Waals surface area (Å²) in [6.45, 7) is 0. The molecule has 0 atom stereocenters. The second-order valence-corrected chi connectivity index (χ2v) is 8.72. The van der Waals surface area contributed by atoms with E-state index in [1.165, 1.54) is 24.3 Å². The first-order chi connectivity index (χ1) is 15.0. The van der Waals surface area contributed by atoms with Gasteiger partial charge in [0.2, 0.25) is 0 Å². The summed E-state index contributed by atoms with van der Waals surface area (Å²) in [6, 6.07) is 8.12. The molecule has 0 N–H and O–H groups in total. The monoisotopic (exact) mass is 426 g/mol. The topological polar surface area (TPSA) is 73.9 Å². The maximum atomic E-state index is 13.9. The largest absolute Gasteiger partial charge is 0.462 e. The number of halogens is 2. The predicted molar refractivity (Wildman–Crippen MR) is 112 cm³/mol. The van der Waals surface area contributed by atoms with Crippen molar-refractivity contribution in [1.29, 1.82) is 10.5 Å². The summed E-state index contributed by atoms with van der Waals surface area (Å²) in [4.78, 5) is 12.6. The van der Waals surface area contributed by atoms with Gasteiger partial charge in [0.1, 0.15) is 24.1 Å². The van der Waals surface area contributed by atoms with Crippen LogP contribution >= 0.6 is 0 Å². The summed E-state index contributed by atoms with van der Waals surface area (Å²) < 4.78 is 32.5. The molecule has 164 valence electrons. The Morgan fingerprint density at radius 1 is 1.10 bits per heavy atom. The molecule has 0 unspecified atom stereocenters. The van der Waals surface area contributed by atoms with Gasteiger partial charge in [-0.2, -0.15) is 14.9 Å². The second kappa shape index (κ2) is 11.0. The summed E-state index contributed by atoms with van der Waals surface area (Å²) in [7, 11) is 0. The number of nitrogens with zero attached hydrogens (tertiary/aromatic N) is 2. The minimum atomic E-state index is -0.721. The smallest absolute Gasteiger partial charge is 0.309 e. The Hall–Kier alpha value is -2.73. The molecule has 0 saturated heterocycles. The Bertz CT molecular complexity index is 884. The molecular weight excluding hydrogens is 398 g/mol. The molecule has 2 aliphatic rings. The maximum Gasteiger partial charge on any atom is 0.309 e. The SMILES string of the molecule is N#CC(F)=CCC[C@H]1CC[C@H](OC(=O)[C@H]2CC[C@H](c3ccc(C#N)c(F)c3)CC2)CC1. The van der Waals surface area contributed by atoms with E-state index in [1.807, 2.05) is 12.1 Å². The molecule has 0 aromatic heterocycles. The highest BCUT2D eigenvalue weighted by atomic mass is 19.1. The first-order valence-electron chi connectivity index (χ1n) is 11.2. The van der Waals surface area contributed by atoms with Crippen LogP contribution in [0.1, 0.15) is 81.3 Å². The predicted octanol–water partition coefficient (Wildman–Crippen LogP) is 6.23. The lowest BCUT2D eigenvalue weighted by Gasteiger charge is -2.31. The molecule has 2 aliphatic carbocycles. The lowest BCUT2D eigenvalue weighted by molar-refractivity contribution is -0.157. The Labute approximate surface area is 182 Å². The van der Waals surface area contributed by atoms with Crippen molar-refractivity contribution < 1.29 is 18.3 Å². The molecule has 1 aromatic carbocycles. The fourth-order valence-electron chi connectivity index (χ4n) is 4.83. The Morgan fingerprint density at radius 3 is 2.42 bits per heavy atom. The van der Waals surface area contributed by atoms with Crippen LogP contribution in [-0.2, 0) is 9.53 Å². The molecule has 6 heteroatoms. The van der Waals surface area contributed by atoms with Crippen molar-refractivity contribution in [1.82, 2.24) is 0 Å². The fraction of sp³-hybridized carbons (Fsp3) is 0.560. The molecule has 0 radical (unpaired) electrons. The zero-order chi connectivity index (χ0) is 22.2. The average Bonchev–Trinajstić information content (AvgIpc) is 2.80. The Balaban J connectivity index is 1.39. The van der Waals surface area contributed by atoms with Gasteiger partial charge in [0.25, 0.3) is 0 Å². The molecule has 0 heterocycles. The van der Waals surface area contributed by atoms with E-state index in [9.17, 15) is 13.6 Å². The standard InChI is InChI=1S/C25H28F2N2O2/c26-22(16-29)3-1-2-17-4-12-23(13-5-17)31-25(30)19-8-6-18(7-9-19)20-10-11-21(15-28)24(27)14-20/h3,10-11,14,17-19,23H,1-2,4-9,12-13H2/t17-,18-,19-,23-. The van der Waals surface area contributed by atoms with E-state index >= 15 is 0 Å². The third-order valence-electron chi connectivity index (χ3n) is 6.73. The lowest BCUT2D eigenvalue weighted by atomic mass is 9.78. The molecule has 3 rings (SSSR count). The molecule has 0 amide bonds. The van der Waals surface area contributed by atoms with Crippen molar-refractivity contribution in [3.8, 4) is 12.1 Å². The van der Waals surface area contributed by atoms with E-state index in [2.05, 4.69) is 0 Å². The number of esters is 1. The van der Waals surface area contributed by atoms with Crippen molar-refractivity contribution in [2.45, 2.75) is 76.2 Å². The summed E-state index contributed by atoms with van der Waals surface area (Å²) in [5.74, 6) is -0.726. The first kappa shape index (κ1) is 22.9. The molecule has 2 saturated carbocycles. The molecule has 0 bridgehead atoms. The highest BCUT2D eigenvalue weighted by molar-refractivity contribution is 5.72.